The minimum absolute atomic E-state index is 0. The van der Waals surface area contributed by atoms with Gasteiger partial charge >= 0.3 is 0 Å². The van der Waals surface area contributed by atoms with E-state index in [1.54, 1.807) is 19.2 Å². The van der Waals surface area contributed by atoms with Crippen LogP contribution in [-0.4, -0.2) is 12.9 Å². The van der Waals surface area contributed by atoms with Crippen LogP contribution in [0.3, 0.4) is 0 Å². The van der Waals surface area contributed by atoms with Crippen molar-refractivity contribution in [2.45, 2.75) is 63.3 Å². The molecule has 0 fully saturated rings. The summed E-state index contributed by atoms with van der Waals surface area (Å²) in [6, 6.07) is 31.0. The first-order chi connectivity index (χ1) is 17.1. The molecular formula is C35H48O3. The Bertz CT molecular complexity index is 1140. The van der Waals surface area contributed by atoms with E-state index in [2.05, 4.69) is 24.3 Å². The number of methoxy groups -OCH3 is 1. The summed E-state index contributed by atoms with van der Waals surface area (Å²) in [7, 11) is 1.67. The van der Waals surface area contributed by atoms with Crippen LogP contribution in [0.5, 0.6) is 17.2 Å². The molecule has 0 aromatic heterocycles. The molecule has 4 rings (SSSR count). The van der Waals surface area contributed by atoms with E-state index >= 15 is 0 Å². The number of rotatable bonds is 7. The van der Waals surface area contributed by atoms with Gasteiger partial charge in [-0.3, -0.25) is 4.79 Å². The van der Waals surface area contributed by atoms with Gasteiger partial charge < -0.3 is 9.47 Å². The number of hydrogen-bond acceptors (Lipinski definition) is 3. The quantitative estimate of drug-likeness (QED) is 0.229. The molecule has 0 heterocycles. The fourth-order valence-corrected chi connectivity index (χ4v) is 3.34. The van der Waals surface area contributed by atoms with Gasteiger partial charge in [-0.05, 0) is 73.0 Å². The van der Waals surface area contributed by atoms with Crippen LogP contribution in [0.1, 0.15) is 82.6 Å². The van der Waals surface area contributed by atoms with Crippen LogP contribution in [0.25, 0.3) is 0 Å². The Hall–Kier alpha value is -3.85. The largest absolute Gasteiger partial charge is 0.497 e. The summed E-state index contributed by atoms with van der Waals surface area (Å²) >= 11 is 0. The number of benzene rings is 4. The lowest BCUT2D eigenvalue weighted by Crippen LogP contribution is -2.00. The Labute approximate surface area is 232 Å². The van der Waals surface area contributed by atoms with E-state index in [1.807, 2.05) is 95.3 Å². The fourth-order valence-electron chi connectivity index (χ4n) is 3.34. The SMILES string of the molecule is C.C.C.CC.CC.COc1ccc(Cc2ccc(Oc3ccc(C(=O)c4ccc(C)cc4)cc3)cc2)cc1. The standard InChI is InChI=1S/C28H24O3.2C2H6.3CH4/c1-20-3-9-23(10-4-20)28(29)24-11-17-27(18-12-24)31-26-15-7-22(8-16-26)19-21-5-13-25(30-2)14-6-21;2*1-2;;;/h3-18H,19H2,1-2H3;2*1-2H3;3*1H4. The summed E-state index contributed by atoms with van der Waals surface area (Å²) in [6.07, 6.45) is 0.847. The summed E-state index contributed by atoms with van der Waals surface area (Å²) in [5.41, 5.74) is 4.90. The number of carbonyl (C=O) groups is 1. The monoisotopic (exact) mass is 516 g/mol. The zero-order valence-corrected chi connectivity index (χ0v) is 21.7. The van der Waals surface area contributed by atoms with Crippen molar-refractivity contribution >= 4 is 5.78 Å². The van der Waals surface area contributed by atoms with Crippen molar-refractivity contribution in [1.29, 1.82) is 0 Å². The van der Waals surface area contributed by atoms with Gasteiger partial charge in [0.1, 0.15) is 17.2 Å². The Morgan fingerprint density at radius 3 is 1.29 bits per heavy atom. The van der Waals surface area contributed by atoms with E-state index in [0.29, 0.717) is 16.9 Å². The van der Waals surface area contributed by atoms with E-state index in [1.165, 1.54) is 11.1 Å². The van der Waals surface area contributed by atoms with Crippen molar-refractivity contribution in [2.75, 3.05) is 7.11 Å². The van der Waals surface area contributed by atoms with Crippen molar-refractivity contribution in [3.63, 3.8) is 0 Å². The Morgan fingerprint density at radius 2 is 0.895 bits per heavy atom. The second-order valence-corrected chi connectivity index (χ2v) is 7.49. The van der Waals surface area contributed by atoms with Crippen LogP contribution >= 0.6 is 0 Å². The average molecular weight is 517 g/mol. The summed E-state index contributed by atoms with van der Waals surface area (Å²) in [4.78, 5) is 12.6. The summed E-state index contributed by atoms with van der Waals surface area (Å²) in [5.74, 6) is 2.33. The van der Waals surface area contributed by atoms with Gasteiger partial charge in [0, 0.05) is 11.1 Å². The van der Waals surface area contributed by atoms with Gasteiger partial charge in [-0.2, -0.15) is 0 Å². The van der Waals surface area contributed by atoms with Crippen molar-refractivity contribution in [3.05, 3.63) is 125 Å². The van der Waals surface area contributed by atoms with Gasteiger partial charge in [-0.15, -0.1) is 0 Å². The number of aryl methyl sites for hydroxylation is 1. The summed E-state index contributed by atoms with van der Waals surface area (Å²) in [6.45, 7) is 10.0. The highest BCUT2D eigenvalue weighted by atomic mass is 16.5. The second-order valence-electron chi connectivity index (χ2n) is 7.49. The third-order valence-electron chi connectivity index (χ3n) is 5.16. The number of ether oxygens (including phenoxy) is 2. The van der Waals surface area contributed by atoms with Crippen molar-refractivity contribution < 1.29 is 14.3 Å². The maximum atomic E-state index is 12.6. The summed E-state index contributed by atoms with van der Waals surface area (Å²) < 4.78 is 11.1. The van der Waals surface area contributed by atoms with Gasteiger partial charge in [0.05, 0.1) is 7.11 Å². The first-order valence-electron chi connectivity index (χ1n) is 12.2. The van der Waals surface area contributed by atoms with Crippen LogP contribution in [0, 0.1) is 6.92 Å². The first-order valence-corrected chi connectivity index (χ1v) is 12.2. The molecule has 206 valence electrons. The van der Waals surface area contributed by atoms with Crippen LogP contribution < -0.4 is 9.47 Å². The molecule has 0 spiro atoms. The molecule has 4 aromatic rings. The third-order valence-corrected chi connectivity index (χ3v) is 5.16. The highest BCUT2D eigenvalue weighted by molar-refractivity contribution is 6.09. The molecular weight excluding hydrogens is 468 g/mol. The number of carbonyl (C=O) groups excluding carboxylic acids is 1. The number of ketones is 1. The van der Waals surface area contributed by atoms with Crippen LogP contribution in [0.2, 0.25) is 0 Å². The highest BCUT2D eigenvalue weighted by Gasteiger charge is 2.09. The van der Waals surface area contributed by atoms with Gasteiger partial charge in [0.2, 0.25) is 0 Å². The summed E-state index contributed by atoms with van der Waals surface area (Å²) in [5, 5.41) is 0. The lowest BCUT2D eigenvalue weighted by molar-refractivity contribution is 0.103. The predicted octanol–water partition coefficient (Wildman–Crippen LogP) is 10.6. The molecule has 0 aliphatic carbocycles. The Morgan fingerprint density at radius 1 is 0.553 bits per heavy atom. The molecule has 0 saturated carbocycles. The minimum atomic E-state index is 0. The van der Waals surface area contributed by atoms with Crippen LogP contribution in [-0.2, 0) is 6.42 Å². The van der Waals surface area contributed by atoms with E-state index in [4.69, 9.17) is 9.47 Å². The average Bonchev–Trinajstić information content (AvgIpc) is 2.93. The smallest absolute Gasteiger partial charge is 0.193 e. The molecule has 0 saturated heterocycles. The number of hydrogen-bond donors (Lipinski definition) is 0. The van der Waals surface area contributed by atoms with Crippen molar-refractivity contribution in [1.82, 2.24) is 0 Å². The van der Waals surface area contributed by atoms with Crippen LogP contribution in [0.4, 0.5) is 0 Å². The molecule has 0 atom stereocenters. The van der Waals surface area contributed by atoms with Crippen LogP contribution in [0.15, 0.2) is 97.1 Å². The Kier molecular flexibility index (Phi) is 18.4. The molecule has 4 aromatic carbocycles. The van der Waals surface area contributed by atoms with E-state index < -0.39 is 0 Å². The first kappa shape index (κ1) is 36.3. The third kappa shape index (κ3) is 10.6. The topological polar surface area (TPSA) is 35.5 Å². The van der Waals surface area contributed by atoms with Gasteiger partial charge in [0.15, 0.2) is 5.78 Å². The zero-order valence-electron chi connectivity index (χ0n) is 21.7. The maximum Gasteiger partial charge on any atom is 0.193 e. The Balaban J connectivity index is 0. The molecule has 3 heteroatoms. The predicted molar refractivity (Wildman–Crippen MR) is 166 cm³/mol. The minimum Gasteiger partial charge on any atom is -0.497 e. The molecule has 0 unspecified atom stereocenters. The molecule has 0 aliphatic rings. The molecule has 0 N–H and O–H groups in total. The molecule has 0 bridgehead atoms. The van der Waals surface area contributed by atoms with Gasteiger partial charge in [-0.1, -0.05) is 104 Å². The zero-order chi connectivity index (χ0) is 25.6. The van der Waals surface area contributed by atoms with E-state index in [0.717, 1.165) is 23.5 Å². The van der Waals surface area contributed by atoms with Crippen molar-refractivity contribution in [2.24, 2.45) is 0 Å². The van der Waals surface area contributed by atoms with E-state index in [9.17, 15) is 4.79 Å². The molecule has 3 nitrogen and oxygen atoms in total. The van der Waals surface area contributed by atoms with Gasteiger partial charge in [0.25, 0.3) is 0 Å². The molecule has 0 radical (unpaired) electrons. The van der Waals surface area contributed by atoms with Gasteiger partial charge in [-0.25, -0.2) is 0 Å². The van der Waals surface area contributed by atoms with Crippen molar-refractivity contribution in [3.8, 4) is 17.2 Å². The molecule has 0 aliphatic heterocycles. The lowest BCUT2D eigenvalue weighted by atomic mass is 10.0. The van der Waals surface area contributed by atoms with E-state index in [-0.39, 0.29) is 28.1 Å². The lowest BCUT2D eigenvalue weighted by Gasteiger charge is -2.08. The highest BCUT2D eigenvalue weighted by Crippen LogP contribution is 2.24. The second kappa shape index (κ2) is 19.3. The fraction of sp³-hybridized carbons (Fsp3) is 0.286. The normalized spacial score (nSPS) is 8.89. The maximum absolute atomic E-state index is 12.6. The molecule has 0 amide bonds. The molecule has 38 heavy (non-hydrogen) atoms.